The molecule has 0 saturated carbocycles. The van der Waals surface area contributed by atoms with Crippen molar-refractivity contribution in [3.63, 3.8) is 0 Å². The van der Waals surface area contributed by atoms with Gasteiger partial charge < -0.3 is 10.4 Å². The van der Waals surface area contributed by atoms with Crippen molar-refractivity contribution < 1.29 is 19.6 Å². The smallest absolute Gasteiger partial charge is 0.304 e. The van der Waals surface area contributed by atoms with Crippen LogP contribution in [0.1, 0.15) is 23.1 Å². The Kier molecular flexibility index (Phi) is 6.06. The number of non-ortho nitro benzene ring substituents is 1. The fraction of sp³-hybridized carbons (Fsp3) is 0.263. The standard InChI is InChI=1S/C19H20N2O5/c1-12-7-13(2)9-14(8-12)10-15(11-18(22)23)19(24)20-16-3-5-17(6-4-16)21(25)26/h3-9,15H,10-11H2,1-2H3,(H,20,24)(H,22,23)/t15-/m0/s1. The third-order valence-electron chi connectivity index (χ3n) is 3.90. The topological polar surface area (TPSA) is 110 Å². The van der Waals surface area contributed by atoms with Gasteiger partial charge in [-0.1, -0.05) is 29.3 Å². The molecule has 26 heavy (non-hydrogen) atoms. The Balaban J connectivity index is 2.15. The monoisotopic (exact) mass is 356 g/mol. The number of anilines is 1. The number of nitrogens with zero attached hydrogens (tertiary/aromatic N) is 1. The van der Waals surface area contributed by atoms with Crippen LogP contribution in [0.4, 0.5) is 11.4 Å². The first kappa shape index (κ1) is 19.1. The molecule has 0 fully saturated rings. The summed E-state index contributed by atoms with van der Waals surface area (Å²) in [4.78, 5) is 33.8. The number of carboxylic acids is 1. The summed E-state index contributed by atoms with van der Waals surface area (Å²) in [5.74, 6) is -2.23. The second-order valence-corrected chi connectivity index (χ2v) is 6.29. The van der Waals surface area contributed by atoms with Crippen molar-refractivity contribution in [3.8, 4) is 0 Å². The van der Waals surface area contributed by atoms with Gasteiger partial charge in [0.2, 0.25) is 5.91 Å². The van der Waals surface area contributed by atoms with E-state index in [1.54, 1.807) is 0 Å². The first-order valence-corrected chi connectivity index (χ1v) is 8.09. The molecule has 1 amide bonds. The highest BCUT2D eigenvalue weighted by molar-refractivity contribution is 5.94. The molecule has 2 aromatic rings. The summed E-state index contributed by atoms with van der Waals surface area (Å²) in [6.07, 6.45) is -0.000557. The average molecular weight is 356 g/mol. The van der Waals surface area contributed by atoms with E-state index in [1.807, 2.05) is 32.0 Å². The number of nitrogens with one attached hydrogen (secondary N) is 1. The van der Waals surface area contributed by atoms with E-state index in [2.05, 4.69) is 5.32 Å². The van der Waals surface area contributed by atoms with Gasteiger partial charge in [0, 0.05) is 17.8 Å². The molecule has 0 radical (unpaired) electrons. The Labute approximate surface area is 150 Å². The van der Waals surface area contributed by atoms with Crippen molar-refractivity contribution in [2.24, 2.45) is 5.92 Å². The molecule has 1 atom stereocenters. The number of amides is 1. The van der Waals surface area contributed by atoms with Crippen LogP contribution < -0.4 is 5.32 Å². The van der Waals surface area contributed by atoms with E-state index in [1.165, 1.54) is 24.3 Å². The Morgan fingerprint density at radius 1 is 1.12 bits per heavy atom. The maximum atomic E-state index is 12.5. The zero-order valence-corrected chi connectivity index (χ0v) is 14.6. The van der Waals surface area contributed by atoms with Crippen LogP contribution in [0.3, 0.4) is 0 Å². The van der Waals surface area contributed by atoms with Crippen molar-refractivity contribution in [1.82, 2.24) is 0 Å². The van der Waals surface area contributed by atoms with Gasteiger partial charge in [-0.15, -0.1) is 0 Å². The Morgan fingerprint density at radius 2 is 1.69 bits per heavy atom. The molecule has 136 valence electrons. The molecular formula is C19H20N2O5. The summed E-state index contributed by atoms with van der Waals surface area (Å²) in [6.45, 7) is 3.89. The molecule has 2 aromatic carbocycles. The van der Waals surface area contributed by atoms with E-state index in [4.69, 9.17) is 5.11 Å². The van der Waals surface area contributed by atoms with Gasteiger partial charge in [-0.25, -0.2) is 0 Å². The van der Waals surface area contributed by atoms with Gasteiger partial charge in [0.1, 0.15) is 0 Å². The second kappa shape index (κ2) is 8.24. The Bertz CT molecular complexity index is 810. The Morgan fingerprint density at radius 3 is 2.19 bits per heavy atom. The number of carbonyl (C=O) groups excluding carboxylic acids is 1. The van der Waals surface area contributed by atoms with E-state index >= 15 is 0 Å². The third kappa shape index (κ3) is 5.41. The second-order valence-electron chi connectivity index (χ2n) is 6.29. The van der Waals surface area contributed by atoms with Gasteiger partial charge in [-0.05, 0) is 38.0 Å². The van der Waals surface area contributed by atoms with Crippen LogP contribution in [-0.4, -0.2) is 21.9 Å². The summed E-state index contributed by atoms with van der Waals surface area (Å²) in [7, 11) is 0. The molecule has 7 nitrogen and oxygen atoms in total. The van der Waals surface area contributed by atoms with Gasteiger partial charge >= 0.3 is 5.97 Å². The summed E-state index contributed by atoms with van der Waals surface area (Å²) in [6, 6.07) is 11.3. The third-order valence-corrected chi connectivity index (χ3v) is 3.90. The van der Waals surface area contributed by atoms with E-state index in [0.717, 1.165) is 16.7 Å². The molecule has 0 aliphatic carbocycles. The Hall–Kier alpha value is -3.22. The zero-order chi connectivity index (χ0) is 19.3. The first-order chi connectivity index (χ1) is 12.2. The minimum atomic E-state index is -1.06. The van der Waals surface area contributed by atoms with Crippen molar-refractivity contribution in [1.29, 1.82) is 0 Å². The quantitative estimate of drug-likeness (QED) is 0.583. The SMILES string of the molecule is Cc1cc(C)cc(C[C@@H](CC(=O)O)C(=O)Nc2ccc([N+](=O)[O-])cc2)c1. The van der Waals surface area contributed by atoms with Crippen LogP contribution in [0.5, 0.6) is 0 Å². The van der Waals surface area contributed by atoms with E-state index in [0.29, 0.717) is 12.1 Å². The van der Waals surface area contributed by atoms with Gasteiger partial charge in [-0.2, -0.15) is 0 Å². The molecular weight excluding hydrogens is 336 g/mol. The van der Waals surface area contributed by atoms with Crippen LogP contribution in [0, 0.1) is 29.9 Å². The maximum absolute atomic E-state index is 12.5. The number of nitro groups is 1. The highest BCUT2D eigenvalue weighted by Gasteiger charge is 2.23. The van der Waals surface area contributed by atoms with E-state index in [-0.39, 0.29) is 12.1 Å². The number of aliphatic carboxylic acids is 1. The molecule has 0 heterocycles. The molecule has 2 rings (SSSR count). The average Bonchev–Trinajstić information content (AvgIpc) is 2.53. The molecule has 0 saturated heterocycles. The molecule has 0 aliphatic heterocycles. The van der Waals surface area contributed by atoms with Gasteiger partial charge in [0.25, 0.3) is 5.69 Å². The zero-order valence-electron chi connectivity index (χ0n) is 14.6. The summed E-state index contributed by atoms with van der Waals surface area (Å²) in [5.41, 5.74) is 3.29. The minimum Gasteiger partial charge on any atom is -0.481 e. The molecule has 0 spiro atoms. The van der Waals surface area contributed by atoms with Crippen LogP contribution in [-0.2, 0) is 16.0 Å². The van der Waals surface area contributed by atoms with Crippen molar-refractivity contribution >= 4 is 23.3 Å². The fourth-order valence-corrected chi connectivity index (χ4v) is 2.85. The largest absolute Gasteiger partial charge is 0.481 e. The number of benzene rings is 2. The van der Waals surface area contributed by atoms with Crippen LogP contribution >= 0.6 is 0 Å². The maximum Gasteiger partial charge on any atom is 0.304 e. The van der Waals surface area contributed by atoms with Gasteiger partial charge in [0.05, 0.1) is 17.3 Å². The van der Waals surface area contributed by atoms with Crippen molar-refractivity contribution in [2.75, 3.05) is 5.32 Å². The summed E-state index contributed by atoms with van der Waals surface area (Å²) < 4.78 is 0. The minimum absolute atomic E-state index is 0.0830. The number of nitro benzene ring substituents is 1. The first-order valence-electron chi connectivity index (χ1n) is 8.09. The lowest BCUT2D eigenvalue weighted by molar-refractivity contribution is -0.384. The predicted octanol–water partition coefficient (Wildman–Crippen LogP) is 3.48. The molecule has 0 aliphatic rings. The van der Waals surface area contributed by atoms with Gasteiger partial charge in [-0.3, -0.25) is 19.7 Å². The number of rotatable bonds is 7. The number of hydrogen-bond donors (Lipinski definition) is 2. The normalized spacial score (nSPS) is 11.6. The molecule has 0 aromatic heterocycles. The van der Waals surface area contributed by atoms with Crippen molar-refractivity contribution in [2.45, 2.75) is 26.7 Å². The van der Waals surface area contributed by atoms with Gasteiger partial charge in [0.15, 0.2) is 0 Å². The predicted molar refractivity (Wildman–Crippen MR) is 97.1 cm³/mol. The number of hydrogen-bond acceptors (Lipinski definition) is 4. The molecule has 7 heteroatoms. The number of aryl methyl sites for hydroxylation is 2. The van der Waals surface area contributed by atoms with Crippen LogP contribution in [0.2, 0.25) is 0 Å². The molecule has 0 bridgehead atoms. The summed E-state index contributed by atoms with van der Waals surface area (Å²) >= 11 is 0. The highest BCUT2D eigenvalue weighted by Crippen LogP contribution is 2.20. The van der Waals surface area contributed by atoms with Crippen LogP contribution in [0.25, 0.3) is 0 Å². The lowest BCUT2D eigenvalue weighted by Crippen LogP contribution is -2.27. The fourth-order valence-electron chi connectivity index (χ4n) is 2.85. The number of carboxylic acid groups (broad SMARTS) is 1. The molecule has 2 N–H and O–H groups in total. The van der Waals surface area contributed by atoms with Crippen LogP contribution in [0.15, 0.2) is 42.5 Å². The number of carbonyl (C=O) groups is 2. The van der Waals surface area contributed by atoms with E-state index in [9.17, 15) is 19.7 Å². The highest BCUT2D eigenvalue weighted by atomic mass is 16.6. The summed E-state index contributed by atoms with van der Waals surface area (Å²) in [5, 5.41) is 22.4. The van der Waals surface area contributed by atoms with Crippen molar-refractivity contribution in [3.05, 3.63) is 69.3 Å². The van der Waals surface area contributed by atoms with E-state index < -0.39 is 22.7 Å². The lowest BCUT2D eigenvalue weighted by atomic mass is 9.93. The lowest BCUT2D eigenvalue weighted by Gasteiger charge is -2.16. The molecule has 0 unspecified atom stereocenters.